The molecule has 1 atom stereocenters. The lowest BCUT2D eigenvalue weighted by atomic mass is 10.0. The van der Waals surface area contributed by atoms with Gasteiger partial charge >= 0.3 is 6.09 Å². The zero-order valence-electron chi connectivity index (χ0n) is 16.4. The Hall–Kier alpha value is -1.62. The minimum Gasteiger partial charge on any atom is -0.443 e. The molecule has 0 bridgehead atoms. The van der Waals surface area contributed by atoms with Crippen molar-refractivity contribution in [2.75, 3.05) is 24.5 Å². The van der Waals surface area contributed by atoms with Gasteiger partial charge in [0.05, 0.1) is 0 Å². The number of anilines is 1. The van der Waals surface area contributed by atoms with Crippen LogP contribution in [0.3, 0.4) is 0 Å². The molecule has 5 heteroatoms. The van der Waals surface area contributed by atoms with Crippen molar-refractivity contribution < 1.29 is 9.53 Å². The fourth-order valence-electron chi connectivity index (χ4n) is 3.37. The Morgan fingerprint density at radius 3 is 2.80 bits per heavy atom. The van der Waals surface area contributed by atoms with Crippen molar-refractivity contribution in [3.63, 3.8) is 0 Å². The van der Waals surface area contributed by atoms with E-state index in [0.717, 1.165) is 43.7 Å². The number of rotatable bonds is 6. The molecule has 5 nitrogen and oxygen atoms in total. The van der Waals surface area contributed by atoms with Gasteiger partial charge in [0, 0.05) is 24.3 Å². The molecule has 1 aromatic heterocycles. The molecule has 1 aliphatic heterocycles. The predicted molar refractivity (Wildman–Crippen MR) is 102 cm³/mol. The van der Waals surface area contributed by atoms with Crippen LogP contribution in [0.5, 0.6) is 0 Å². The molecular formula is C20H33N3O2. The lowest BCUT2D eigenvalue weighted by molar-refractivity contribution is 0.0578. The van der Waals surface area contributed by atoms with Crippen molar-refractivity contribution in [1.82, 2.24) is 9.88 Å². The minimum atomic E-state index is -0.515. The van der Waals surface area contributed by atoms with E-state index in [1.807, 2.05) is 26.8 Å². The highest BCUT2D eigenvalue weighted by Crippen LogP contribution is 2.36. The zero-order valence-corrected chi connectivity index (χ0v) is 16.4. The maximum atomic E-state index is 12.8. The van der Waals surface area contributed by atoms with Gasteiger partial charge < -0.3 is 4.74 Å². The molecule has 2 rings (SSSR count). The summed E-state index contributed by atoms with van der Waals surface area (Å²) in [6.45, 7) is 12.8. The highest BCUT2D eigenvalue weighted by atomic mass is 16.6. The average molecular weight is 348 g/mol. The summed E-state index contributed by atoms with van der Waals surface area (Å²) in [5, 5.41) is 0. The van der Waals surface area contributed by atoms with Gasteiger partial charge in [0.2, 0.25) is 0 Å². The molecule has 1 saturated heterocycles. The number of ether oxygens (including phenoxy) is 1. The smallest absolute Gasteiger partial charge is 0.416 e. The maximum Gasteiger partial charge on any atom is 0.416 e. The molecule has 25 heavy (non-hydrogen) atoms. The summed E-state index contributed by atoms with van der Waals surface area (Å²) in [6.07, 6.45) is 5.72. The normalized spacial score (nSPS) is 18.4. The van der Waals surface area contributed by atoms with E-state index < -0.39 is 5.60 Å². The summed E-state index contributed by atoms with van der Waals surface area (Å²) in [4.78, 5) is 21.6. The van der Waals surface area contributed by atoms with E-state index in [9.17, 15) is 4.79 Å². The lowest BCUT2D eigenvalue weighted by Gasteiger charge is -2.31. The first-order valence-electron chi connectivity index (χ1n) is 9.56. The molecule has 0 N–H and O–H groups in total. The van der Waals surface area contributed by atoms with Gasteiger partial charge in [-0.25, -0.2) is 9.78 Å². The average Bonchev–Trinajstić information content (AvgIpc) is 3.02. The Labute approximate surface area is 152 Å². The van der Waals surface area contributed by atoms with Gasteiger partial charge in [0.15, 0.2) is 0 Å². The van der Waals surface area contributed by atoms with E-state index in [1.54, 1.807) is 11.1 Å². The fraction of sp³-hybridized carbons (Fsp3) is 0.700. The number of hydrogen-bond donors (Lipinski definition) is 0. The van der Waals surface area contributed by atoms with E-state index in [1.165, 1.54) is 6.42 Å². The number of carbonyl (C=O) groups is 1. The molecular weight excluding hydrogens is 314 g/mol. The van der Waals surface area contributed by atoms with E-state index in [2.05, 4.69) is 29.8 Å². The third-order valence-corrected chi connectivity index (χ3v) is 4.55. The van der Waals surface area contributed by atoms with Crippen LogP contribution in [-0.2, 0) is 4.74 Å². The summed E-state index contributed by atoms with van der Waals surface area (Å²) in [5.41, 5.74) is 0.628. The quantitative estimate of drug-likeness (QED) is 0.743. The summed E-state index contributed by atoms with van der Waals surface area (Å²) in [5.74, 6) is 0.760. The topological polar surface area (TPSA) is 45.7 Å². The second kappa shape index (κ2) is 8.65. The highest BCUT2D eigenvalue weighted by molar-refractivity contribution is 5.87. The van der Waals surface area contributed by atoms with Crippen molar-refractivity contribution in [1.29, 1.82) is 0 Å². The molecule has 1 fully saturated rings. The van der Waals surface area contributed by atoms with Gasteiger partial charge in [-0.3, -0.25) is 9.80 Å². The van der Waals surface area contributed by atoms with Gasteiger partial charge in [-0.15, -0.1) is 0 Å². The Morgan fingerprint density at radius 1 is 1.40 bits per heavy atom. The Bertz CT molecular complexity index is 568. The molecule has 1 unspecified atom stereocenters. The molecule has 140 valence electrons. The Kier molecular flexibility index (Phi) is 6.82. The first kappa shape index (κ1) is 19.7. The molecule has 2 heterocycles. The number of unbranched alkanes of at least 4 members (excludes halogenated alkanes) is 1. The van der Waals surface area contributed by atoms with Gasteiger partial charge in [-0.05, 0) is 59.2 Å². The number of amides is 1. The van der Waals surface area contributed by atoms with Gasteiger partial charge in [0.25, 0.3) is 0 Å². The van der Waals surface area contributed by atoms with Crippen LogP contribution in [0, 0.1) is 0 Å². The van der Waals surface area contributed by atoms with Crippen molar-refractivity contribution in [3.8, 4) is 0 Å². The Balaban J connectivity index is 2.35. The van der Waals surface area contributed by atoms with Crippen LogP contribution < -0.4 is 4.90 Å². The van der Waals surface area contributed by atoms with E-state index in [0.29, 0.717) is 12.6 Å². The molecule has 0 aliphatic carbocycles. The first-order valence-corrected chi connectivity index (χ1v) is 9.56. The van der Waals surface area contributed by atoms with Crippen LogP contribution in [0.1, 0.15) is 71.9 Å². The minimum absolute atomic E-state index is 0.304. The third kappa shape index (κ3) is 5.18. The molecule has 0 spiro atoms. The number of pyridine rings is 1. The molecule has 1 aromatic rings. The number of aromatic nitrogens is 1. The van der Waals surface area contributed by atoms with E-state index in [-0.39, 0.29) is 6.09 Å². The zero-order chi connectivity index (χ0) is 18.4. The van der Waals surface area contributed by atoms with Crippen LogP contribution in [0.25, 0.3) is 0 Å². The monoisotopic (exact) mass is 347 g/mol. The first-order chi connectivity index (χ1) is 11.9. The predicted octanol–water partition coefficient (Wildman–Crippen LogP) is 4.78. The van der Waals surface area contributed by atoms with Gasteiger partial charge in [-0.1, -0.05) is 26.3 Å². The summed E-state index contributed by atoms with van der Waals surface area (Å²) < 4.78 is 5.66. The van der Waals surface area contributed by atoms with Crippen LogP contribution in [-0.4, -0.2) is 41.2 Å². The second-order valence-electron chi connectivity index (χ2n) is 7.69. The molecule has 0 aromatic carbocycles. The summed E-state index contributed by atoms with van der Waals surface area (Å²) in [7, 11) is 0. The van der Waals surface area contributed by atoms with Crippen LogP contribution in [0.4, 0.5) is 10.6 Å². The number of hydrogen-bond acceptors (Lipinski definition) is 4. The molecule has 0 saturated carbocycles. The number of likely N-dealkylation sites (tertiary alicyclic amines) is 1. The molecule has 1 amide bonds. The van der Waals surface area contributed by atoms with Crippen LogP contribution in [0.15, 0.2) is 18.3 Å². The van der Waals surface area contributed by atoms with Crippen LogP contribution >= 0.6 is 0 Å². The fourth-order valence-corrected chi connectivity index (χ4v) is 3.37. The summed E-state index contributed by atoms with van der Waals surface area (Å²) >= 11 is 0. The van der Waals surface area contributed by atoms with Crippen molar-refractivity contribution in [2.45, 2.75) is 71.9 Å². The summed E-state index contributed by atoms with van der Waals surface area (Å²) in [6, 6.07) is 4.42. The largest absolute Gasteiger partial charge is 0.443 e. The second-order valence-corrected chi connectivity index (χ2v) is 7.69. The van der Waals surface area contributed by atoms with Crippen LogP contribution in [0.2, 0.25) is 0 Å². The SMILES string of the molecule is CCCCN(C(=O)OC(C)(C)C)c1ncccc1C1CCCN1CC. The number of carbonyl (C=O) groups excluding carboxylic acids is 1. The standard InChI is InChI=1S/C20H33N3O2/c1-6-8-15-23(19(24)25-20(3,4)5)18-16(11-9-13-21-18)17-12-10-14-22(17)7-2/h9,11,13,17H,6-8,10,12,14-15H2,1-5H3. The van der Waals surface area contributed by atoms with Crippen molar-refractivity contribution in [2.24, 2.45) is 0 Å². The third-order valence-electron chi connectivity index (χ3n) is 4.55. The maximum absolute atomic E-state index is 12.8. The molecule has 0 radical (unpaired) electrons. The number of nitrogens with zero attached hydrogens (tertiary/aromatic N) is 3. The van der Waals surface area contributed by atoms with Crippen molar-refractivity contribution in [3.05, 3.63) is 23.9 Å². The Morgan fingerprint density at radius 2 is 2.16 bits per heavy atom. The van der Waals surface area contributed by atoms with E-state index >= 15 is 0 Å². The highest BCUT2D eigenvalue weighted by Gasteiger charge is 2.31. The van der Waals surface area contributed by atoms with Gasteiger partial charge in [-0.2, -0.15) is 0 Å². The van der Waals surface area contributed by atoms with Gasteiger partial charge in [0.1, 0.15) is 11.4 Å². The lowest BCUT2D eigenvalue weighted by Crippen LogP contribution is -2.39. The van der Waals surface area contributed by atoms with Crippen molar-refractivity contribution >= 4 is 11.9 Å². The van der Waals surface area contributed by atoms with E-state index in [4.69, 9.17) is 4.74 Å². The molecule has 1 aliphatic rings.